The van der Waals surface area contributed by atoms with Gasteiger partial charge in [-0.25, -0.2) is 0 Å². The number of aliphatic hydroxyl groups excluding tert-OH is 3. The molecule has 1 aromatic rings. The molecule has 0 aliphatic carbocycles. The van der Waals surface area contributed by atoms with Crippen molar-refractivity contribution in [2.45, 2.75) is 37.4 Å². The third-order valence-electron chi connectivity index (χ3n) is 3.51. The largest absolute Gasteiger partial charge is 0.394 e. The van der Waals surface area contributed by atoms with Gasteiger partial charge >= 0.3 is 0 Å². The number of rotatable bonds is 3. The molecule has 0 unspecified atom stereocenters. The molecule has 2 rings (SSSR count). The first-order chi connectivity index (χ1) is 9.54. The van der Waals surface area contributed by atoms with E-state index in [9.17, 15) is 15.0 Å². The highest BCUT2D eigenvalue weighted by Gasteiger charge is 2.42. The van der Waals surface area contributed by atoms with E-state index in [2.05, 4.69) is 5.32 Å². The number of benzene rings is 1. The van der Waals surface area contributed by atoms with Gasteiger partial charge in [0.2, 0.25) is 0 Å². The van der Waals surface area contributed by atoms with Crippen molar-refractivity contribution in [3.8, 4) is 0 Å². The van der Waals surface area contributed by atoms with E-state index in [4.69, 9.17) is 9.84 Å². The summed E-state index contributed by atoms with van der Waals surface area (Å²) in [4.78, 5) is 12.1. The zero-order valence-corrected chi connectivity index (χ0v) is 11.1. The molecule has 0 spiro atoms. The summed E-state index contributed by atoms with van der Waals surface area (Å²) in [6, 6.07) is 7.85. The first-order valence-corrected chi connectivity index (χ1v) is 6.53. The van der Waals surface area contributed by atoms with E-state index in [0.717, 1.165) is 0 Å². The van der Waals surface area contributed by atoms with Gasteiger partial charge in [0, 0.05) is 5.56 Å². The molecule has 1 aliphatic rings. The van der Waals surface area contributed by atoms with Gasteiger partial charge in [-0.15, -0.1) is 0 Å². The molecule has 5 atom stereocenters. The number of nitrogens with one attached hydrogen (secondary N) is 1. The first kappa shape index (κ1) is 14.9. The van der Waals surface area contributed by atoms with Crippen LogP contribution in [0.5, 0.6) is 0 Å². The molecule has 1 amide bonds. The van der Waals surface area contributed by atoms with Crippen LogP contribution in [-0.2, 0) is 4.74 Å². The summed E-state index contributed by atoms with van der Waals surface area (Å²) in [6.07, 6.45) is -3.79. The highest BCUT2D eigenvalue weighted by atomic mass is 16.5. The maximum Gasteiger partial charge on any atom is 0.251 e. The molecule has 0 radical (unpaired) electrons. The molecular formula is C14H19NO5. The van der Waals surface area contributed by atoms with Crippen LogP contribution in [0.1, 0.15) is 17.3 Å². The molecule has 110 valence electrons. The lowest BCUT2D eigenvalue weighted by molar-refractivity contribution is -0.187. The van der Waals surface area contributed by atoms with Gasteiger partial charge in [0.05, 0.1) is 18.8 Å². The topological polar surface area (TPSA) is 99.0 Å². The zero-order valence-electron chi connectivity index (χ0n) is 11.1. The van der Waals surface area contributed by atoms with Crippen molar-refractivity contribution in [1.29, 1.82) is 0 Å². The second kappa shape index (κ2) is 6.32. The number of amides is 1. The van der Waals surface area contributed by atoms with Crippen LogP contribution in [0.2, 0.25) is 0 Å². The van der Waals surface area contributed by atoms with E-state index in [1.165, 1.54) is 0 Å². The van der Waals surface area contributed by atoms with Crippen LogP contribution < -0.4 is 5.32 Å². The number of hydrogen-bond donors (Lipinski definition) is 4. The molecular weight excluding hydrogens is 262 g/mol. The highest BCUT2D eigenvalue weighted by Crippen LogP contribution is 2.21. The van der Waals surface area contributed by atoms with Gasteiger partial charge in [-0.3, -0.25) is 4.79 Å². The smallest absolute Gasteiger partial charge is 0.251 e. The van der Waals surface area contributed by atoms with E-state index in [0.29, 0.717) is 5.56 Å². The molecule has 0 saturated carbocycles. The summed E-state index contributed by atoms with van der Waals surface area (Å²) < 4.78 is 5.39. The van der Waals surface area contributed by atoms with Crippen LogP contribution in [-0.4, -0.2) is 58.3 Å². The SMILES string of the molecule is C[C@H]1O[C@@H](CO)[C@@H](O)[C@@H](O)[C@@H]1NC(=O)c1ccccc1. The molecule has 4 N–H and O–H groups in total. The second-order valence-electron chi connectivity index (χ2n) is 4.91. The summed E-state index contributed by atoms with van der Waals surface area (Å²) in [6.45, 7) is 1.29. The Hall–Kier alpha value is -1.47. The Bertz CT molecular complexity index is 452. The minimum Gasteiger partial charge on any atom is -0.394 e. The quantitative estimate of drug-likeness (QED) is 0.586. The Kier molecular flexibility index (Phi) is 4.72. The van der Waals surface area contributed by atoms with Crippen LogP contribution in [0.4, 0.5) is 0 Å². The fourth-order valence-electron chi connectivity index (χ4n) is 2.33. The average Bonchev–Trinajstić information content (AvgIpc) is 2.48. The molecule has 6 nitrogen and oxygen atoms in total. The molecule has 1 aliphatic heterocycles. The normalized spacial score (nSPS) is 33.7. The zero-order chi connectivity index (χ0) is 14.7. The molecule has 1 heterocycles. The Morgan fingerprint density at radius 1 is 1.25 bits per heavy atom. The number of ether oxygens (including phenoxy) is 1. The summed E-state index contributed by atoms with van der Waals surface area (Å²) in [5.74, 6) is -0.347. The predicted molar refractivity (Wildman–Crippen MR) is 71.1 cm³/mol. The molecule has 1 aromatic carbocycles. The van der Waals surface area contributed by atoms with Gasteiger partial charge < -0.3 is 25.4 Å². The van der Waals surface area contributed by atoms with Crippen LogP contribution >= 0.6 is 0 Å². The Morgan fingerprint density at radius 3 is 2.50 bits per heavy atom. The summed E-state index contributed by atoms with van der Waals surface area (Å²) in [5, 5.41) is 31.6. The maximum absolute atomic E-state index is 12.1. The van der Waals surface area contributed by atoms with E-state index < -0.39 is 30.5 Å². The summed E-state index contributed by atoms with van der Waals surface area (Å²) >= 11 is 0. The van der Waals surface area contributed by atoms with Crippen molar-refractivity contribution in [3.63, 3.8) is 0 Å². The lowest BCUT2D eigenvalue weighted by atomic mass is 9.93. The Labute approximate surface area is 117 Å². The van der Waals surface area contributed by atoms with Gasteiger partial charge in [-0.2, -0.15) is 0 Å². The average molecular weight is 281 g/mol. The van der Waals surface area contributed by atoms with Crippen molar-refractivity contribution in [2.24, 2.45) is 0 Å². The lowest BCUT2D eigenvalue weighted by Crippen LogP contribution is -2.63. The Balaban J connectivity index is 2.07. The predicted octanol–water partition coefficient (Wildman–Crippen LogP) is -0.714. The van der Waals surface area contributed by atoms with Crippen molar-refractivity contribution in [1.82, 2.24) is 5.32 Å². The number of aliphatic hydroxyl groups is 3. The number of carbonyl (C=O) groups excluding carboxylic acids is 1. The third kappa shape index (κ3) is 2.99. The number of hydrogen-bond acceptors (Lipinski definition) is 5. The molecule has 0 aromatic heterocycles. The van der Waals surface area contributed by atoms with Crippen molar-refractivity contribution >= 4 is 5.91 Å². The van der Waals surface area contributed by atoms with E-state index in [-0.39, 0.29) is 12.5 Å². The van der Waals surface area contributed by atoms with Crippen LogP contribution in [0.3, 0.4) is 0 Å². The van der Waals surface area contributed by atoms with Gasteiger partial charge in [0.1, 0.15) is 18.3 Å². The molecule has 0 bridgehead atoms. The molecule has 1 fully saturated rings. The second-order valence-corrected chi connectivity index (χ2v) is 4.91. The standard InChI is InChI=1S/C14H19NO5/c1-8-11(13(18)12(17)10(7-16)20-8)15-14(19)9-5-3-2-4-6-9/h2-6,8,10-13,16-18H,7H2,1H3,(H,15,19)/t8-,10+,11-,12-,13+/m1/s1. The van der Waals surface area contributed by atoms with E-state index in [1.807, 2.05) is 0 Å². The minimum absolute atomic E-state index is 0.347. The van der Waals surface area contributed by atoms with Crippen LogP contribution in [0.15, 0.2) is 30.3 Å². The minimum atomic E-state index is -1.24. The molecule has 1 saturated heterocycles. The first-order valence-electron chi connectivity index (χ1n) is 6.53. The van der Waals surface area contributed by atoms with E-state index >= 15 is 0 Å². The van der Waals surface area contributed by atoms with Crippen molar-refractivity contribution in [3.05, 3.63) is 35.9 Å². The summed E-state index contributed by atoms with van der Waals surface area (Å²) in [5.41, 5.74) is 0.464. The van der Waals surface area contributed by atoms with Gasteiger partial charge in [-0.05, 0) is 19.1 Å². The van der Waals surface area contributed by atoms with Gasteiger partial charge in [-0.1, -0.05) is 18.2 Å². The summed E-state index contributed by atoms with van der Waals surface area (Å²) in [7, 11) is 0. The van der Waals surface area contributed by atoms with Crippen LogP contribution in [0, 0.1) is 0 Å². The molecule has 6 heteroatoms. The molecule has 20 heavy (non-hydrogen) atoms. The van der Waals surface area contributed by atoms with Gasteiger partial charge in [0.25, 0.3) is 5.91 Å². The fraction of sp³-hybridized carbons (Fsp3) is 0.500. The van der Waals surface area contributed by atoms with Crippen molar-refractivity contribution in [2.75, 3.05) is 6.61 Å². The van der Waals surface area contributed by atoms with Crippen molar-refractivity contribution < 1.29 is 24.9 Å². The van der Waals surface area contributed by atoms with Gasteiger partial charge in [0.15, 0.2) is 0 Å². The third-order valence-corrected chi connectivity index (χ3v) is 3.51. The van der Waals surface area contributed by atoms with E-state index in [1.54, 1.807) is 37.3 Å². The van der Waals surface area contributed by atoms with Crippen LogP contribution in [0.25, 0.3) is 0 Å². The monoisotopic (exact) mass is 281 g/mol. The maximum atomic E-state index is 12.1. The Morgan fingerprint density at radius 2 is 1.90 bits per heavy atom. The number of carbonyl (C=O) groups is 1. The fourth-order valence-corrected chi connectivity index (χ4v) is 2.33. The highest BCUT2D eigenvalue weighted by molar-refractivity contribution is 5.94. The lowest BCUT2D eigenvalue weighted by Gasteiger charge is -2.41.